The van der Waals surface area contributed by atoms with Gasteiger partial charge in [-0.05, 0) is 0 Å². The summed E-state index contributed by atoms with van der Waals surface area (Å²) in [6.07, 6.45) is 0. The van der Waals surface area contributed by atoms with E-state index >= 15 is 0 Å². The molecule has 52 valence electrons. The van der Waals surface area contributed by atoms with Gasteiger partial charge in [0.1, 0.15) is 11.6 Å². The number of anilines is 2. The minimum absolute atomic E-state index is 0.141. The van der Waals surface area contributed by atoms with Gasteiger partial charge in [-0.1, -0.05) is 0 Å². The molecule has 4 N–H and O–H groups in total. The lowest BCUT2D eigenvalue weighted by Gasteiger charge is -1.93. The summed E-state index contributed by atoms with van der Waals surface area (Å²) in [4.78, 5) is 16.7. The van der Waals surface area contributed by atoms with Crippen LogP contribution in [-0.2, 0) is 0 Å². The third-order valence-corrected chi connectivity index (χ3v) is 0.836. The van der Waals surface area contributed by atoms with E-state index in [0.29, 0.717) is 0 Å². The molecular weight excluding hydrogens is 134 g/mol. The molecule has 0 fully saturated rings. The minimum atomic E-state index is -0.238. The van der Waals surface area contributed by atoms with Crippen molar-refractivity contribution in [3.63, 3.8) is 0 Å². The van der Waals surface area contributed by atoms with Gasteiger partial charge in [-0.3, -0.25) is 0 Å². The number of nitrogens with two attached hydrogens (primary N) is 2. The Morgan fingerprint density at radius 3 is 2.20 bits per heavy atom. The van der Waals surface area contributed by atoms with Gasteiger partial charge in [0.25, 0.3) is 5.95 Å². The average Bonchev–Trinajstić information content (AvgIpc) is 1.85. The lowest BCUT2D eigenvalue weighted by atomic mass is 10.5. The fourth-order valence-corrected chi connectivity index (χ4v) is 0.513. The number of aromatic nitrogens is 2. The zero-order valence-electron chi connectivity index (χ0n) is 4.98. The minimum Gasteiger partial charge on any atom is -0.383 e. The molecule has 0 bridgehead atoms. The Morgan fingerprint density at radius 2 is 1.80 bits per heavy atom. The molecule has 1 rings (SSSR count). The molecule has 1 heterocycles. The molecule has 10 heavy (non-hydrogen) atoms. The van der Waals surface area contributed by atoms with E-state index in [1.54, 1.807) is 0 Å². The van der Waals surface area contributed by atoms with Crippen LogP contribution >= 0.6 is 0 Å². The second kappa shape index (κ2) is 2.26. The summed E-state index contributed by atoms with van der Waals surface area (Å²) in [5.74, 6) is 0.0432. The highest BCUT2D eigenvalue weighted by Crippen LogP contribution is 2.09. The van der Waals surface area contributed by atoms with Crippen molar-refractivity contribution < 1.29 is 0 Å². The van der Waals surface area contributed by atoms with Crippen molar-refractivity contribution in [1.82, 2.24) is 9.97 Å². The Morgan fingerprint density at radius 1 is 1.30 bits per heavy atom. The van der Waals surface area contributed by atoms with Gasteiger partial charge in [-0.15, -0.1) is 4.91 Å². The van der Waals surface area contributed by atoms with Crippen LogP contribution in [-0.4, -0.2) is 9.97 Å². The Balaban J connectivity index is 3.18. The maximum Gasteiger partial charge on any atom is 0.294 e. The Kier molecular flexibility index (Phi) is 1.44. The first kappa shape index (κ1) is 6.40. The Bertz CT molecular complexity index is 240. The van der Waals surface area contributed by atoms with Gasteiger partial charge in [-0.2, -0.15) is 9.97 Å². The van der Waals surface area contributed by atoms with Crippen LogP contribution < -0.4 is 11.5 Å². The maximum absolute atomic E-state index is 9.82. The fraction of sp³-hybridized carbons (Fsp3) is 0. The smallest absolute Gasteiger partial charge is 0.294 e. The van der Waals surface area contributed by atoms with Crippen LogP contribution in [0.2, 0.25) is 0 Å². The number of hydrogen-bond donors (Lipinski definition) is 2. The molecule has 0 radical (unpaired) electrons. The Hall–Kier alpha value is -1.72. The lowest BCUT2D eigenvalue weighted by Crippen LogP contribution is -1.96. The van der Waals surface area contributed by atoms with Gasteiger partial charge in [0.2, 0.25) is 0 Å². The predicted molar refractivity (Wildman–Crippen MR) is 36.3 cm³/mol. The van der Waals surface area contributed by atoms with Gasteiger partial charge >= 0.3 is 0 Å². The highest BCUT2D eigenvalue weighted by molar-refractivity contribution is 5.44. The number of nitroso groups, excluding NO2 is 1. The number of nitrogens with zero attached hydrogens (tertiary/aromatic N) is 3. The van der Waals surface area contributed by atoms with Crippen molar-refractivity contribution in [2.24, 2.45) is 5.18 Å². The van der Waals surface area contributed by atoms with Crippen LogP contribution in [0.3, 0.4) is 0 Å². The van der Waals surface area contributed by atoms with Crippen LogP contribution in [0.5, 0.6) is 0 Å². The molecule has 0 aliphatic carbocycles. The van der Waals surface area contributed by atoms with Gasteiger partial charge in [0.15, 0.2) is 0 Å². The summed E-state index contributed by atoms with van der Waals surface area (Å²) in [6, 6.07) is 1.34. The maximum atomic E-state index is 9.82. The van der Waals surface area contributed by atoms with E-state index in [-0.39, 0.29) is 17.6 Å². The first-order chi connectivity index (χ1) is 4.72. The molecule has 0 atom stereocenters. The highest BCUT2D eigenvalue weighted by Gasteiger charge is 1.97. The molecule has 0 aliphatic rings. The molecule has 1 aromatic rings. The van der Waals surface area contributed by atoms with E-state index in [2.05, 4.69) is 15.1 Å². The van der Waals surface area contributed by atoms with Gasteiger partial charge < -0.3 is 11.5 Å². The van der Waals surface area contributed by atoms with Crippen LogP contribution in [0.25, 0.3) is 0 Å². The van der Waals surface area contributed by atoms with Crippen molar-refractivity contribution in [2.75, 3.05) is 11.5 Å². The first-order valence-corrected chi connectivity index (χ1v) is 2.46. The topological polar surface area (TPSA) is 107 Å². The first-order valence-electron chi connectivity index (χ1n) is 2.46. The summed E-state index contributed by atoms with van der Waals surface area (Å²) in [7, 11) is 0. The second-order valence-electron chi connectivity index (χ2n) is 1.61. The van der Waals surface area contributed by atoms with E-state index in [9.17, 15) is 4.91 Å². The van der Waals surface area contributed by atoms with Crippen molar-refractivity contribution in [1.29, 1.82) is 0 Å². The van der Waals surface area contributed by atoms with E-state index in [0.717, 1.165) is 0 Å². The Labute approximate surface area is 56.2 Å². The summed E-state index contributed by atoms with van der Waals surface area (Å²) in [5.41, 5.74) is 10.4. The average molecular weight is 139 g/mol. The second-order valence-corrected chi connectivity index (χ2v) is 1.61. The highest BCUT2D eigenvalue weighted by atomic mass is 16.3. The zero-order valence-corrected chi connectivity index (χ0v) is 4.98. The quantitative estimate of drug-likeness (QED) is 0.534. The summed E-state index contributed by atoms with van der Waals surface area (Å²) < 4.78 is 0. The molecule has 0 aromatic carbocycles. The monoisotopic (exact) mass is 139 g/mol. The van der Waals surface area contributed by atoms with Crippen LogP contribution in [0.15, 0.2) is 11.2 Å². The van der Waals surface area contributed by atoms with Crippen LogP contribution in [0, 0.1) is 4.91 Å². The SMILES string of the molecule is Nc1cc(N)nc(N=O)n1. The van der Waals surface area contributed by atoms with Gasteiger partial charge in [0, 0.05) is 11.2 Å². The molecule has 1 aromatic heterocycles. The third-order valence-electron chi connectivity index (χ3n) is 0.836. The van der Waals surface area contributed by atoms with Crippen LogP contribution in [0.1, 0.15) is 0 Å². The molecule has 0 amide bonds. The van der Waals surface area contributed by atoms with E-state index in [1.807, 2.05) is 0 Å². The normalized spacial score (nSPS) is 9.20. The standard InChI is InChI=1S/C4H5N5O/c5-2-1-3(6)8-4(7-2)9-10/h1H,(H4,5,6,7,8). The van der Waals surface area contributed by atoms with Gasteiger partial charge in [-0.25, -0.2) is 0 Å². The molecule has 0 unspecified atom stereocenters. The van der Waals surface area contributed by atoms with Crippen molar-refractivity contribution in [3.05, 3.63) is 11.0 Å². The van der Waals surface area contributed by atoms with Crippen molar-refractivity contribution in [2.45, 2.75) is 0 Å². The molecule has 0 saturated carbocycles. The van der Waals surface area contributed by atoms with Crippen molar-refractivity contribution in [3.8, 4) is 0 Å². The molecule has 6 heteroatoms. The van der Waals surface area contributed by atoms with E-state index in [1.165, 1.54) is 6.07 Å². The summed E-state index contributed by atoms with van der Waals surface area (Å²) in [5, 5.41) is 2.46. The summed E-state index contributed by atoms with van der Waals surface area (Å²) in [6.45, 7) is 0. The molecular formula is C4H5N5O. The van der Waals surface area contributed by atoms with Crippen LogP contribution in [0.4, 0.5) is 17.6 Å². The van der Waals surface area contributed by atoms with Crippen molar-refractivity contribution >= 4 is 17.6 Å². The largest absolute Gasteiger partial charge is 0.383 e. The third kappa shape index (κ3) is 1.16. The van der Waals surface area contributed by atoms with E-state index in [4.69, 9.17) is 11.5 Å². The zero-order chi connectivity index (χ0) is 7.56. The van der Waals surface area contributed by atoms with Gasteiger partial charge in [0.05, 0.1) is 0 Å². The van der Waals surface area contributed by atoms with E-state index < -0.39 is 0 Å². The predicted octanol–water partition coefficient (Wildman–Crippen LogP) is 0.0389. The molecule has 0 aliphatic heterocycles. The molecule has 6 nitrogen and oxygen atoms in total. The number of rotatable bonds is 1. The number of nitrogen functional groups attached to an aromatic ring is 2. The molecule has 0 spiro atoms. The molecule has 0 saturated heterocycles. The fourth-order valence-electron chi connectivity index (χ4n) is 0.513. The number of hydrogen-bond acceptors (Lipinski definition) is 6. The summed E-state index contributed by atoms with van der Waals surface area (Å²) >= 11 is 0. The lowest BCUT2D eigenvalue weighted by molar-refractivity contribution is 1.14.